The van der Waals surface area contributed by atoms with E-state index in [1.807, 2.05) is 30.1 Å². The third kappa shape index (κ3) is 6.08. The van der Waals surface area contributed by atoms with Gasteiger partial charge in [0, 0.05) is 22.9 Å². The van der Waals surface area contributed by atoms with Crippen molar-refractivity contribution in [3.63, 3.8) is 0 Å². The van der Waals surface area contributed by atoms with Crippen LogP contribution >= 0.6 is 11.8 Å². The zero-order valence-corrected chi connectivity index (χ0v) is 23.7. The Morgan fingerprint density at radius 2 is 1.87 bits per heavy atom. The number of nitrogens with one attached hydrogen (secondary N) is 4. The molecule has 2 aromatic carbocycles. The second kappa shape index (κ2) is 11.7. The van der Waals surface area contributed by atoms with Crippen molar-refractivity contribution in [2.75, 3.05) is 23.7 Å². The summed E-state index contributed by atoms with van der Waals surface area (Å²) in [6.45, 7) is 12.8. The van der Waals surface area contributed by atoms with Crippen LogP contribution < -0.4 is 20.7 Å². The van der Waals surface area contributed by atoms with E-state index in [-0.39, 0.29) is 6.10 Å². The normalized spacial score (nSPS) is 15.8. The number of rotatable bonds is 9. The predicted octanol–water partition coefficient (Wildman–Crippen LogP) is 7.51. The van der Waals surface area contributed by atoms with Crippen LogP contribution in [0, 0.1) is 6.92 Å². The van der Waals surface area contributed by atoms with E-state index in [4.69, 9.17) is 14.7 Å². The van der Waals surface area contributed by atoms with Gasteiger partial charge >= 0.3 is 0 Å². The van der Waals surface area contributed by atoms with Crippen LogP contribution in [0.1, 0.15) is 57.6 Å². The van der Waals surface area contributed by atoms with Gasteiger partial charge in [0.15, 0.2) is 0 Å². The first-order valence-corrected chi connectivity index (χ1v) is 14.4. The van der Waals surface area contributed by atoms with Crippen molar-refractivity contribution in [1.29, 1.82) is 0 Å². The minimum Gasteiger partial charge on any atom is -0.489 e. The summed E-state index contributed by atoms with van der Waals surface area (Å²) >= 11 is 1.83. The van der Waals surface area contributed by atoms with E-state index in [1.165, 1.54) is 28.9 Å². The quantitative estimate of drug-likeness (QED) is 0.167. The van der Waals surface area contributed by atoms with Gasteiger partial charge < -0.3 is 25.7 Å². The Morgan fingerprint density at radius 3 is 2.63 bits per heavy atom. The fourth-order valence-electron chi connectivity index (χ4n) is 4.98. The van der Waals surface area contributed by atoms with Gasteiger partial charge in [-0.15, -0.1) is 11.8 Å². The smallest absolute Gasteiger partial charge is 0.231 e. The van der Waals surface area contributed by atoms with E-state index < -0.39 is 0 Å². The Labute approximate surface area is 229 Å². The van der Waals surface area contributed by atoms with Gasteiger partial charge in [-0.1, -0.05) is 26.0 Å². The van der Waals surface area contributed by atoms with Gasteiger partial charge in [0.05, 0.1) is 22.9 Å². The molecule has 0 radical (unpaired) electrons. The molecule has 4 aromatic rings. The second-order valence-electron chi connectivity index (χ2n) is 10.5. The standard InChI is InChI=1S/C30H38N6OS/c1-18(2)37-26-16-23(21-9-8-13-31-17-21)20(5)15-25(26)34-30-35-28-22(12-14-32-28)29(36-30)33-24-10-6-7-11-27(24)38-19(3)4/h6-7,10-12,14-16,18-19,21,31H,8-9,13,17H2,1-5H3,(H3,32,33,34,35,36). The Kier molecular flexibility index (Phi) is 8.09. The summed E-state index contributed by atoms with van der Waals surface area (Å²) < 4.78 is 6.29. The number of piperidine rings is 1. The van der Waals surface area contributed by atoms with Crippen molar-refractivity contribution in [2.24, 2.45) is 0 Å². The van der Waals surface area contributed by atoms with Crippen LogP contribution in [0.4, 0.5) is 23.1 Å². The predicted molar refractivity (Wildman–Crippen MR) is 160 cm³/mol. The number of aromatic amines is 1. The maximum atomic E-state index is 6.29. The molecule has 5 rings (SSSR count). The molecule has 1 saturated heterocycles. The lowest BCUT2D eigenvalue weighted by atomic mass is 9.88. The molecule has 1 unspecified atom stereocenters. The summed E-state index contributed by atoms with van der Waals surface area (Å²) in [5.74, 6) is 2.59. The summed E-state index contributed by atoms with van der Waals surface area (Å²) in [7, 11) is 0. The lowest BCUT2D eigenvalue weighted by Gasteiger charge is -2.26. The number of hydrogen-bond acceptors (Lipinski definition) is 7. The molecule has 1 aliphatic rings. The molecule has 1 fully saturated rings. The minimum absolute atomic E-state index is 0.0505. The highest BCUT2D eigenvalue weighted by atomic mass is 32.2. The zero-order valence-electron chi connectivity index (χ0n) is 22.9. The van der Waals surface area contributed by atoms with Gasteiger partial charge in [0.2, 0.25) is 5.95 Å². The number of anilines is 4. The van der Waals surface area contributed by atoms with Gasteiger partial charge in [-0.05, 0) is 87.5 Å². The molecule has 7 nitrogen and oxygen atoms in total. The van der Waals surface area contributed by atoms with Crippen molar-refractivity contribution in [1.82, 2.24) is 20.3 Å². The molecule has 2 aromatic heterocycles. The first kappa shape index (κ1) is 26.4. The van der Waals surface area contributed by atoms with Gasteiger partial charge in [-0.25, -0.2) is 0 Å². The van der Waals surface area contributed by atoms with Crippen LogP contribution in [0.5, 0.6) is 5.75 Å². The number of ether oxygens (including phenoxy) is 1. The molecule has 0 saturated carbocycles. The van der Waals surface area contributed by atoms with E-state index in [0.717, 1.165) is 47.1 Å². The molecular formula is C30H38N6OS. The third-order valence-electron chi connectivity index (χ3n) is 6.63. The maximum Gasteiger partial charge on any atom is 0.231 e. The summed E-state index contributed by atoms with van der Waals surface area (Å²) in [6.07, 6.45) is 4.34. The lowest BCUT2D eigenvalue weighted by Crippen LogP contribution is -2.28. The summed E-state index contributed by atoms with van der Waals surface area (Å²) in [5, 5.41) is 12.0. The van der Waals surface area contributed by atoms with Crippen LogP contribution in [0.25, 0.3) is 11.0 Å². The highest BCUT2D eigenvalue weighted by Gasteiger charge is 2.21. The Balaban J connectivity index is 1.50. The van der Waals surface area contributed by atoms with Crippen molar-refractivity contribution in [3.8, 4) is 5.75 Å². The van der Waals surface area contributed by atoms with Gasteiger partial charge in [0.25, 0.3) is 0 Å². The number of thioether (sulfide) groups is 1. The van der Waals surface area contributed by atoms with Crippen LogP contribution in [0.2, 0.25) is 0 Å². The number of para-hydroxylation sites is 1. The Hall–Kier alpha value is -3.23. The summed E-state index contributed by atoms with van der Waals surface area (Å²) in [6, 6.07) is 14.7. The van der Waals surface area contributed by atoms with E-state index in [9.17, 15) is 0 Å². The van der Waals surface area contributed by atoms with Crippen molar-refractivity contribution in [3.05, 3.63) is 59.8 Å². The molecule has 1 aliphatic heterocycles. The summed E-state index contributed by atoms with van der Waals surface area (Å²) in [5.41, 5.74) is 5.27. The molecule has 200 valence electrons. The second-order valence-corrected chi connectivity index (χ2v) is 12.1. The van der Waals surface area contributed by atoms with Crippen molar-refractivity contribution < 1.29 is 4.74 Å². The number of hydrogen-bond donors (Lipinski definition) is 4. The van der Waals surface area contributed by atoms with Gasteiger partial charge in [0.1, 0.15) is 17.2 Å². The molecular weight excluding hydrogens is 492 g/mol. The minimum atomic E-state index is 0.0505. The van der Waals surface area contributed by atoms with Crippen LogP contribution in [-0.4, -0.2) is 39.4 Å². The van der Waals surface area contributed by atoms with Crippen LogP contribution in [-0.2, 0) is 0 Å². The molecule has 1 atom stereocenters. The number of H-pyrrole nitrogens is 1. The van der Waals surface area contributed by atoms with Crippen molar-refractivity contribution >= 4 is 45.9 Å². The van der Waals surface area contributed by atoms with E-state index >= 15 is 0 Å². The third-order valence-corrected chi connectivity index (χ3v) is 7.71. The topological polar surface area (TPSA) is 86.9 Å². The molecule has 38 heavy (non-hydrogen) atoms. The number of aryl methyl sites for hydroxylation is 1. The first-order chi connectivity index (χ1) is 18.4. The summed E-state index contributed by atoms with van der Waals surface area (Å²) in [4.78, 5) is 14.1. The largest absolute Gasteiger partial charge is 0.489 e. The van der Waals surface area contributed by atoms with E-state index in [1.54, 1.807) is 0 Å². The number of benzene rings is 2. The SMILES string of the molecule is Cc1cc(Nc2nc(Nc3ccccc3SC(C)C)c3cc[nH]c3n2)c(OC(C)C)cc1C1CCCNC1. The van der Waals surface area contributed by atoms with Crippen LogP contribution in [0.3, 0.4) is 0 Å². The molecule has 0 amide bonds. The molecule has 0 aliphatic carbocycles. The van der Waals surface area contributed by atoms with E-state index in [0.29, 0.717) is 17.1 Å². The first-order valence-electron chi connectivity index (χ1n) is 13.5. The number of nitrogens with zero attached hydrogens (tertiary/aromatic N) is 2. The average Bonchev–Trinajstić information content (AvgIpc) is 3.36. The monoisotopic (exact) mass is 530 g/mol. The maximum absolute atomic E-state index is 6.29. The average molecular weight is 531 g/mol. The Morgan fingerprint density at radius 1 is 1.03 bits per heavy atom. The Bertz CT molecular complexity index is 1390. The molecule has 8 heteroatoms. The van der Waals surface area contributed by atoms with Gasteiger partial charge in [-0.3, -0.25) is 0 Å². The fourth-order valence-corrected chi connectivity index (χ4v) is 5.89. The molecule has 3 heterocycles. The molecule has 0 spiro atoms. The van der Waals surface area contributed by atoms with E-state index in [2.05, 4.69) is 85.9 Å². The number of fused-ring (bicyclic) bond motifs is 1. The molecule has 4 N–H and O–H groups in total. The lowest BCUT2D eigenvalue weighted by molar-refractivity contribution is 0.243. The zero-order chi connectivity index (χ0) is 26.6. The van der Waals surface area contributed by atoms with Crippen molar-refractivity contribution in [2.45, 2.75) is 69.6 Å². The fraction of sp³-hybridized carbons (Fsp3) is 0.400. The van der Waals surface area contributed by atoms with Crippen LogP contribution in [0.15, 0.2) is 53.6 Å². The number of aromatic nitrogens is 3. The highest BCUT2D eigenvalue weighted by Crippen LogP contribution is 2.37. The highest BCUT2D eigenvalue weighted by molar-refractivity contribution is 8.00. The molecule has 0 bridgehead atoms. The van der Waals surface area contributed by atoms with Gasteiger partial charge in [-0.2, -0.15) is 9.97 Å².